The van der Waals surface area contributed by atoms with Crippen molar-refractivity contribution in [2.45, 2.75) is 59.4 Å². The van der Waals surface area contributed by atoms with Gasteiger partial charge in [0.05, 0.1) is 0 Å². The Morgan fingerprint density at radius 1 is 1.06 bits per heavy atom. The van der Waals surface area contributed by atoms with Crippen LogP contribution in [0.4, 0.5) is 0 Å². The van der Waals surface area contributed by atoms with Gasteiger partial charge < -0.3 is 5.32 Å². The van der Waals surface area contributed by atoms with E-state index < -0.39 is 0 Å². The maximum atomic E-state index is 3.64. The third kappa shape index (κ3) is 5.22. The Bertz CT molecular complexity index is 319. The van der Waals surface area contributed by atoms with Crippen LogP contribution < -0.4 is 5.32 Å². The molecule has 1 N–H and O–H groups in total. The molecule has 0 radical (unpaired) electrons. The normalized spacial score (nSPS) is 12.6. The van der Waals surface area contributed by atoms with E-state index in [4.69, 9.17) is 0 Å². The Balaban J connectivity index is 2.35. The van der Waals surface area contributed by atoms with E-state index in [-0.39, 0.29) is 0 Å². The molecule has 1 heteroatoms. The van der Waals surface area contributed by atoms with Crippen molar-refractivity contribution in [3.8, 4) is 0 Å². The average Bonchev–Trinajstić information content (AvgIpc) is 2.43. The predicted octanol–water partition coefficient (Wildman–Crippen LogP) is 4.56. The number of hydrogen-bond acceptors (Lipinski definition) is 1. The molecule has 1 nitrogen and oxygen atoms in total. The smallest absolute Gasteiger partial charge is 0.0208 e. The van der Waals surface area contributed by atoms with Gasteiger partial charge in [0, 0.05) is 6.54 Å². The minimum absolute atomic E-state index is 0.846. The van der Waals surface area contributed by atoms with E-state index in [0.29, 0.717) is 0 Å². The Kier molecular flexibility index (Phi) is 7.75. The van der Waals surface area contributed by atoms with Crippen LogP contribution in [0.25, 0.3) is 0 Å². The number of rotatable bonds is 9. The van der Waals surface area contributed by atoms with E-state index in [2.05, 4.69) is 50.4 Å². The van der Waals surface area contributed by atoms with Crippen molar-refractivity contribution in [3.63, 3.8) is 0 Å². The number of hydrogen-bond donors (Lipinski definition) is 1. The highest BCUT2D eigenvalue weighted by atomic mass is 14.9. The van der Waals surface area contributed by atoms with Crippen LogP contribution >= 0.6 is 0 Å². The summed E-state index contributed by atoms with van der Waals surface area (Å²) in [6.07, 6.45) is 6.48. The van der Waals surface area contributed by atoms with Gasteiger partial charge in [-0.1, -0.05) is 64.3 Å². The van der Waals surface area contributed by atoms with Gasteiger partial charge >= 0.3 is 0 Å². The first kappa shape index (κ1) is 15.2. The Morgan fingerprint density at radius 2 is 1.78 bits per heavy atom. The van der Waals surface area contributed by atoms with Crippen LogP contribution in [0.5, 0.6) is 0 Å². The number of aryl methyl sites for hydroxylation is 1. The predicted molar refractivity (Wildman–Crippen MR) is 80.8 cm³/mol. The van der Waals surface area contributed by atoms with Crippen LogP contribution in [0.15, 0.2) is 24.3 Å². The summed E-state index contributed by atoms with van der Waals surface area (Å²) in [6, 6.07) is 8.77. The van der Waals surface area contributed by atoms with Gasteiger partial charge in [-0.3, -0.25) is 0 Å². The lowest BCUT2D eigenvalue weighted by Crippen LogP contribution is -2.22. The highest BCUT2D eigenvalue weighted by molar-refractivity contribution is 5.26. The fourth-order valence-corrected chi connectivity index (χ4v) is 2.43. The molecule has 0 fully saturated rings. The zero-order chi connectivity index (χ0) is 13.2. The van der Waals surface area contributed by atoms with Gasteiger partial charge in [0.1, 0.15) is 0 Å². The van der Waals surface area contributed by atoms with Crippen molar-refractivity contribution >= 4 is 0 Å². The molecule has 0 heterocycles. The van der Waals surface area contributed by atoms with E-state index >= 15 is 0 Å². The maximum Gasteiger partial charge on any atom is 0.0208 e. The quantitative estimate of drug-likeness (QED) is 0.675. The fraction of sp³-hybridized carbons (Fsp3) is 0.647. The molecule has 0 amide bonds. The lowest BCUT2D eigenvalue weighted by atomic mass is 9.99. The number of nitrogens with one attached hydrogen (secondary N) is 1. The molecule has 1 rings (SSSR count). The molecule has 0 aliphatic carbocycles. The third-order valence-electron chi connectivity index (χ3n) is 3.79. The zero-order valence-electron chi connectivity index (χ0n) is 12.3. The fourth-order valence-electron chi connectivity index (χ4n) is 2.43. The molecule has 0 aliphatic heterocycles. The number of benzene rings is 1. The first-order valence-corrected chi connectivity index (χ1v) is 7.59. The Labute approximate surface area is 113 Å². The van der Waals surface area contributed by atoms with Crippen LogP contribution in [0.1, 0.15) is 57.6 Å². The van der Waals surface area contributed by atoms with E-state index in [9.17, 15) is 0 Å². The van der Waals surface area contributed by atoms with Gasteiger partial charge in [-0.05, 0) is 36.4 Å². The second kappa shape index (κ2) is 9.16. The van der Waals surface area contributed by atoms with Gasteiger partial charge in [0.25, 0.3) is 0 Å². The summed E-state index contributed by atoms with van der Waals surface area (Å²) in [6.45, 7) is 9.00. The molecule has 18 heavy (non-hydrogen) atoms. The maximum absolute atomic E-state index is 3.64. The van der Waals surface area contributed by atoms with Gasteiger partial charge in [0.15, 0.2) is 0 Å². The molecule has 1 atom stereocenters. The molecule has 1 aromatic carbocycles. The summed E-state index contributed by atoms with van der Waals surface area (Å²) in [5.41, 5.74) is 2.94. The minimum Gasteiger partial charge on any atom is -0.312 e. The minimum atomic E-state index is 0.846. The molecular weight excluding hydrogens is 218 g/mol. The molecule has 0 bridgehead atoms. The summed E-state index contributed by atoms with van der Waals surface area (Å²) < 4.78 is 0. The van der Waals surface area contributed by atoms with Crippen molar-refractivity contribution in [3.05, 3.63) is 35.4 Å². The molecule has 102 valence electrons. The first-order chi connectivity index (χ1) is 8.81. The van der Waals surface area contributed by atoms with Crippen molar-refractivity contribution < 1.29 is 0 Å². The molecule has 0 aliphatic rings. The number of unbranched alkanes of at least 4 members (excludes halogenated alkanes) is 1. The molecule has 1 unspecified atom stereocenters. The Morgan fingerprint density at radius 3 is 2.39 bits per heavy atom. The van der Waals surface area contributed by atoms with Crippen LogP contribution in [-0.2, 0) is 13.0 Å². The second-order valence-corrected chi connectivity index (χ2v) is 5.17. The van der Waals surface area contributed by atoms with Crippen LogP contribution in [-0.4, -0.2) is 6.54 Å². The molecule has 0 saturated heterocycles. The molecular formula is C17H29N. The highest BCUT2D eigenvalue weighted by Crippen LogP contribution is 2.13. The van der Waals surface area contributed by atoms with E-state index in [0.717, 1.165) is 25.4 Å². The lowest BCUT2D eigenvalue weighted by Gasteiger charge is -2.16. The first-order valence-electron chi connectivity index (χ1n) is 7.59. The van der Waals surface area contributed by atoms with E-state index in [1.807, 2.05) is 0 Å². The largest absolute Gasteiger partial charge is 0.312 e. The average molecular weight is 247 g/mol. The SMILES string of the molecule is CCCCC(CC)CNCc1ccccc1CC. The monoisotopic (exact) mass is 247 g/mol. The standard InChI is InChI=1S/C17H29N/c1-4-7-10-15(5-2)13-18-14-17-12-9-8-11-16(17)6-3/h8-9,11-12,15,18H,4-7,10,13-14H2,1-3H3. The van der Waals surface area contributed by atoms with Crippen molar-refractivity contribution in [1.82, 2.24) is 5.32 Å². The lowest BCUT2D eigenvalue weighted by molar-refractivity contribution is 0.419. The van der Waals surface area contributed by atoms with Crippen molar-refractivity contribution in [1.29, 1.82) is 0 Å². The summed E-state index contributed by atoms with van der Waals surface area (Å²) in [5, 5.41) is 3.64. The highest BCUT2D eigenvalue weighted by Gasteiger charge is 2.05. The summed E-state index contributed by atoms with van der Waals surface area (Å²) >= 11 is 0. The molecule has 0 spiro atoms. The van der Waals surface area contributed by atoms with Gasteiger partial charge in [-0.2, -0.15) is 0 Å². The van der Waals surface area contributed by atoms with E-state index in [1.165, 1.54) is 36.8 Å². The van der Waals surface area contributed by atoms with Crippen LogP contribution in [0, 0.1) is 5.92 Å². The zero-order valence-corrected chi connectivity index (χ0v) is 12.3. The Hall–Kier alpha value is -0.820. The second-order valence-electron chi connectivity index (χ2n) is 5.17. The molecule has 1 aromatic rings. The summed E-state index contributed by atoms with van der Waals surface area (Å²) in [4.78, 5) is 0. The van der Waals surface area contributed by atoms with Crippen molar-refractivity contribution in [2.75, 3.05) is 6.54 Å². The van der Waals surface area contributed by atoms with Crippen molar-refractivity contribution in [2.24, 2.45) is 5.92 Å². The van der Waals surface area contributed by atoms with E-state index in [1.54, 1.807) is 0 Å². The van der Waals surface area contributed by atoms with Gasteiger partial charge in [-0.25, -0.2) is 0 Å². The topological polar surface area (TPSA) is 12.0 Å². The van der Waals surface area contributed by atoms with Crippen LogP contribution in [0.3, 0.4) is 0 Å². The van der Waals surface area contributed by atoms with Gasteiger partial charge in [0.2, 0.25) is 0 Å². The molecule has 0 saturated carbocycles. The molecule has 0 aromatic heterocycles. The third-order valence-corrected chi connectivity index (χ3v) is 3.79. The summed E-state index contributed by atoms with van der Waals surface area (Å²) in [7, 11) is 0. The van der Waals surface area contributed by atoms with Crippen LogP contribution in [0.2, 0.25) is 0 Å². The summed E-state index contributed by atoms with van der Waals surface area (Å²) in [5.74, 6) is 0.846. The van der Waals surface area contributed by atoms with Gasteiger partial charge in [-0.15, -0.1) is 0 Å².